The number of amides is 2. The number of urea groups is 1. The predicted molar refractivity (Wildman–Crippen MR) is 68.5 cm³/mol. The van der Waals surface area contributed by atoms with E-state index in [9.17, 15) is 9.59 Å². The molecule has 1 saturated heterocycles. The minimum Gasteiger partial charge on any atom is -0.481 e. The number of hydrogen-bond donors (Lipinski definition) is 3. The van der Waals surface area contributed by atoms with Crippen molar-refractivity contribution in [3.05, 3.63) is 0 Å². The number of carbonyl (C=O) groups excluding carboxylic acids is 1. The van der Waals surface area contributed by atoms with Gasteiger partial charge in [-0.3, -0.25) is 4.79 Å². The fourth-order valence-electron chi connectivity index (χ4n) is 2.22. The summed E-state index contributed by atoms with van der Waals surface area (Å²) in [7, 11) is 0. The molecule has 6 heteroatoms. The van der Waals surface area contributed by atoms with E-state index >= 15 is 0 Å². The van der Waals surface area contributed by atoms with E-state index < -0.39 is 5.97 Å². The molecule has 3 N–H and O–H groups in total. The van der Waals surface area contributed by atoms with Gasteiger partial charge in [0.2, 0.25) is 0 Å². The van der Waals surface area contributed by atoms with Crippen LogP contribution in [0.1, 0.15) is 32.6 Å². The van der Waals surface area contributed by atoms with Crippen LogP contribution in [0.15, 0.2) is 0 Å². The van der Waals surface area contributed by atoms with E-state index in [-0.39, 0.29) is 12.5 Å². The van der Waals surface area contributed by atoms with Crippen molar-refractivity contribution >= 4 is 12.0 Å². The average molecular weight is 257 g/mol. The number of carbonyl (C=O) groups is 2. The molecule has 0 atom stereocenters. The number of nitrogens with one attached hydrogen (secondary N) is 2. The summed E-state index contributed by atoms with van der Waals surface area (Å²) >= 11 is 0. The summed E-state index contributed by atoms with van der Waals surface area (Å²) in [5.41, 5.74) is 0. The fourth-order valence-corrected chi connectivity index (χ4v) is 2.22. The van der Waals surface area contributed by atoms with Gasteiger partial charge in [0.15, 0.2) is 0 Å². The standard InChI is InChI=1S/C12H23N3O3/c1-2-15(10-5-8-13-9-6-10)12(18)14-7-3-4-11(16)17/h10,13H,2-9H2,1H3,(H,14,18)(H,16,17). The number of piperidine rings is 1. The molecule has 1 fully saturated rings. The first kappa shape index (κ1) is 14.8. The summed E-state index contributed by atoms with van der Waals surface area (Å²) < 4.78 is 0. The summed E-state index contributed by atoms with van der Waals surface area (Å²) in [5.74, 6) is -0.824. The van der Waals surface area contributed by atoms with Crippen LogP contribution in [-0.4, -0.2) is 54.2 Å². The highest BCUT2D eigenvalue weighted by molar-refractivity contribution is 5.74. The van der Waals surface area contributed by atoms with Gasteiger partial charge in [0.05, 0.1) is 0 Å². The number of carboxylic acids is 1. The smallest absolute Gasteiger partial charge is 0.317 e. The van der Waals surface area contributed by atoms with Gasteiger partial charge in [0.1, 0.15) is 0 Å². The number of rotatable bonds is 6. The van der Waals surface area contributed by atoms with E-state index in [0.29, 0.717) is 25.6 Å². The molecule has 0 unspecified atom stereocenters. The van der Waals surface area contributed by atoms with E-state index in [1.807, 2.05) is 11.8 Å². The van der Waals surface area contributed by atoms with Crippen LogP contribution in [0.2, 0.25) is 0 Å². The van der Waals surface area contributed by atoms with Crippen LogP contribution in [0.25, 0.3) is 0 Å². The largest absolute Gasteiger partial charge is 0.481 e. The minimum absolute atomic E-state index is 0.0743. The molecular weight excluding hydrogens is 234 g/mol. The van der Waals surface area contributed by atoms with Gasteiger partial charge in [-0.1, -0.05) is 0 Å². The topological polar surface area (TPSA) is 81.7 Å². The van der Waals surface area contributed by atoms with Crippen molar-refractivity contribution in [1.29, 1.82) is 0 Å². The number of hydrogen-bond acceptors (Lipinski definition) is 3. The van der Waals surface area contributed by atoms with Crippen LogP contribution in [0.3, 0.4) is 0 Å². The van der Waals surface area contributed by atoms with Crippen molar-refractivity contribution in [2.24, 2.45) is 0 Å². The molecule has 0 spiro atoms. The van der Waals surface area contributed by atoms with Crippen molar-refractivity contribution in [2.75, 3.05) is 26.2 Å². The second-order valence-corrected chi connectivity index (χ2v) is 4.50. The lowest BCUT2D eigenvalue weighted by atomic mass is 10.1. The Morgan fingerprint density at radius 1 is 1.39 bits per heavy atom. The van der Waals surface area contributed by atoms with Crippen LogP contribution >= 0.6 is 0 Å². The van der Waals surface area contributed by atoms with Crippen LogP contribution in [-0.2, 0) is 4.79 Å². The summed E-state index contributed by atoms with van der Waals surface area (Å²) in [6.07, 6.45) is 2.54. The molecule has 6 nitrogen and oxygen atoms in total. The van der Waals surface area contributed by atoms with E-state index in [0.717, 1.165) is 25.9 Å². The number of carboxylic acid groups (broad SMARTS) is 1. The Morgan fingerprint density at radius 3 is 2.61 bits per heavy atom. The molecule has 0 saturated carbocycles. The van der Waals surface area contributed by atoms with Crippen molar-refractivity contribution in [1.82, 2.24) is 15.5 Å². The van der Waals surface area contributed by atoms with Gasteiger partial charge >= 0.3 is 12.0 Å². The molecular formula is C12H23N3O3. The van der Waals surface area contributed by atoms with E-state index in [1.165, 1.54) is 0 Å². The van der Waals surface area contributed by atoms with Crippen molar-refractivity contribution in [3.63, 3.8) is 0 Å². The molecule has 0 aromatic carbocycles. The minimum atomic E-state index is -0.824. The lowest BCUT2D eigenvalue weighted by Gasteiger charge is -2.33. The number of nitrogens with zero attached hydrogens (tertiary/aromatic N) is 1. The lowest BCUT2D eigenvalue weighted by molar-refractivity contribution is -0.137. The Balaban J connectivity index is 2.29. The molecule has 0 aromatic rings. The Hall–Kier alpha value is -1.30. The van der Waals surface area contributed by atoms with Gasteiger partial charge in [-0.05, 0) is 39.3 Å². The average Bonchev–Trinajstić information content (AvgIpc) is 2.36. The summed E-state index contributed by atoms with van der Waals surface area (Å²) in [5, 5.41) is 14.6. The Labute approximate surface area is 108 Å². The maximum absolute atomic E-state index is 12.0. The monoisotopic (exact) mass is 257 g/mol. The summed E-state index contributed by atoms with van der Waals surface area (Å²) in [6.45, 7) is 4.99. The number of aliphatic carboxylic acids is 1. The SMILES string of the molecule is CCN(C(=O)NCCCC(=O)O)C1CCNCC1. The summed E-state index contributed by atoms with van der Waals surface area (Å²) in [4.78, 5) is 24.2. The molecule has 0 bridgehead atoms. The molecule has 2 amide bonds. The van der Waals surface area contributed by atoms with Gasteiger partial charge in [0, 0.05) is 25.6 Å². The van der Waals surface area contributed by atoms with Crippen LogP contribution in [0.5, 0.6) is 0 Å². The maximum Gasteiger partial charge on any atom is 0.317 e. The van der Waals surface area contributed by atoms with Gasteiger partial charge < -0.3 is 20.6 Å². The Morgan fingerprint density at radius 2 is 2.06 bits per heavy atom. The van der Waals surface area contributed by atoms with E-state index in [4.69, 9.17) is 5.11 Å². The fraction of sp³-hybridized carbons (Fsp3) is 0.833. The highest BCUT2D eigenvalue weighted by Crippen LogP contribution is 2.11. The predicted octanol–water partition coefficient (Wildman–Crippen LogP) is 0.635. The van der Waals surface area contributed by atoms with Crippen LogP contribution < -0.4 is 10.6 Å². The van der Waals surface area contributed by atoms with E-state index in [1.54, 1.807) is 0 Å². The Kier molecular flexibility index (Phi) is 6.49. The third-order valence-corrected chi connectivity index (χ3v) is 3.19. The lowest BCUT2D eigenvalue weighted by Crippen LogP contribution is -2.50. The van der Waals surface area contributed by atoms with Crippen molar-refractivity contribution < 1.29 is 14.7 Å². The van der Waals surface area contributed by atoms with Crippen molar-refractivity contribution in [2.45, 2.75) is 38.6 Å². The van der Waals surface area contributed by atoms with Crippen molar-refractivity contribution in [3.8, 4) is 0 Å². The highest BCUT2D eigenvalue weighted by atomic mass is 16.4. The normalized spacial score (nSPS) is 16.3. The molecule has 1 aliphatic heterocycles. The van der Waals surface area contributed by atoms with E-state index in [2.05, 4.69) is 10.6 Å². The van der Waals surface area contributed by atoms with Gasteiger partial charge in [0.25, 0.3) is 0 Å². The van der Waals surface area contributed by atoms with Crippen LogP contribution in [0, 0.1) is 0 Å². The molecule has 1 heterocycles. The zero-order valence-corrected chi connectivity index (χ0v) is 10.9. The third kappa shape index (κ3) is 4.91. The van der Waals surface area contributed by atoms with Gasteiger partial charge in [-0.15, -0.1) is 0 Å². The quantitative estimate of drug-likeness (QED) is 0.610. The molecule has 1 aliphatic rings. The third-order valence-electron chi connectivity index (χ3n) is 3.19. The molecule has 0 radical (unpaired) electrons. The highest BCUT2D eigenvalue weighted by Gasteiger charge is 2.23. The zero-order valence-electron chi connectivity index (χ0n) is 10.9. The van der Waals surface area contributed by atoms with Crippen LogP contribution in [0.4, 0.5) is 4.79 Å². The molecule has 0 aromatic heterocycles. The van der Waals surface area contributed by atoms with Gasteiger partial charge in [-0.25, -0.2) is 4.79 Å². The molecule has 0 aliphatic carbocycles. The van der Waals surface area contributed by atoms with Gasteiger partial charge in [-0.2, -0.15) is 0 Å². The molecule has 1 rings (SSSR count). The second-order valence-electron chi connectivity index (χ2n) is 4.50. The second kappa shape index (κ2) is 7.92. The molecule has 104 valence electrons. The zero-order chi connectivity index (χ0) is 13.4. The summed E-state index contributed by atoms with van der Waals surface area (Å²) in [6, 6.07) is 0.227. The Bertz CT molecular complexity index is 278. The maximum atomic E-state index is 12.0. The molecule has 18 heavy (non-hydrogen) atoms. The first-order chi connectivity index (χ1) is 8.65. The first-order valence-electron chi connectivity index (χ1n) is 6.62. The first-order valence-corrected chi connectivity index (χ1v) is 6.62.